The molecule has 6 heteroatoms. The van der Waals surface area contributed by atoms with Gasteiger partial charge < -0.3 is 10.1 Å². The van der Waals surface area contributed by atoms with Crippen molar-refractivity contribution >= 4 is 16.6 Å². The molecule has 21 heavy (non-hydrogen) atoms. The van der Waals surface area contributed by atoms with E-state index in [1.165, 1.54) is 18.2 Å². The molecule has 0 radical (unpaired) electrons. The number of nitro groups is 1. The molecule has 0 unspecified atom stereocenters. The fraction of sp³-hybridized carbons (Fsp3) is 0. The van der Waals surface area contributed by atoms with Crippen molar-refractivity contribution in [3.63, 3.8) is 0 Å². The Morgan fingerprint density at radius 3 is 2.48 bits per heavy atom. The van der Waals surface area contributed by atoms with Crippen molar-refractivity contribution in [1.82, 2.24) is 4.98 Å². The maximum Gasteiger partial charge on any atom is 0.271 e. The van der Waals surface area contributed by atoms with Gasteiger partial charge >= 0.3 is 0 Å². The van der Waals surface area contributed by atoms with Crippen molar-refractivity contribution in [2.75, 3.05) is 0 Å². The Bertz CT molecular complexity index is 901. The molecule has 1 heterocycles. The van der Waals surface area contributed by atoms with Crippen LogP contribution in [0.25, 0.3) is 22.0 Å². The number of fused-ring (bicyclic) bond motifs is 1. The van der Waals surface area contributed by atoms with Crippen molar-refractivity contribution in [3.05, 3.63) is 69.0 Å². The lowest BCUT2D eigenvalue weighted by Crippen LogP contribution is -2.09. The Balaban J connectivity index is 2.33. The maximum atomic E-state index is 12.2. The summed E-state index contributed by atoms with van der Waals surface area (Å²) in [5.74, 6) is -0.185. The first kappa shape index (κ1) is 12.9. The quantitative estimate of drug-likeness (QED) is 0.558. The van der Waals surface area contributed by atoms with E-state index >= 15 is 0 Å². The van der Waals surface area contributed by atoms with Crippen LogP contribution in [-0.2, 0) is 0 Å². The van der Waals surface area contributed by atoms with Crippen LogP contribution in [0.5, 0.6) is 5.75 Å². The minimum Gasteiger partial charge on any atom is -0.506 e. The normalized spacial score (nSPS) is 10.7. The summed E-state index contributed by atoms with van der Waals surface area (Å²) < 4.78 is 0. The number of hydrogen-bond acceptors (Lipinski definition) is 4. The van der Waals surface area contributed by atoms with Gasteiger partial charge in [0.25, 0.3) is 11.2 Å². The van der Waals surface area contributed by atoms with E-state index in [4.69, 9.17) is 0 Å². The molecule has 0 fully saturated rings. The summed E-state index contributed by atoms with van der Waals surface area (Å²) in [5.41, 5.74) is 0.316. The Morgan fingerprint density at radius 1 is 1.10 bits per heavy atom. The molecule has 0 saturated heterocycles. The third kappa shape index (κ3) is 2.12. The van der Waals surface area contributed by atoms with Crippen LogP contribution in [0.15, 0.2) is 53.3 Å². The van der Waals surface area contributed by atoms with Gasteiger partial charge in [-0.15, -0.1) is 0 Å². The first-order valence-electron chi connectivity index (χ1n) is 6.17. The third-order valence-electron chi connectivity index (χ3n) is 3.24. The summed E-state index contributed by atoms with van der Waals surface area (Å²) in [6.07, 6.45) is 0. The van der Waals surface area contributed by atoms with Gasteiger partial charge in [-0.3, -0.25) is 14.9 Å². The monoisotopic (exact) mass is 282 g/mol. The van der Waals surface area contributed by atoms with Gasteiger partial charge in [0.15, 0.2) is 0 Å². The zero-order valence-electron chi connectivity index (χ0n) is 10.7. The Hall–Kier alpha value is -3.15. The first-order valence-corrected chi connectivity index (χ1v) is 6.17. The SMILES string of the molecule is O=c1[nH]c2cc([N+](=O)[O-])ccc2c(O)c1-c1ccccc1. The molecule has 2 aromatic carbocycles. The van der Waals surface area contributed by atoms with Gasteiger partial charge in [-0.1, -0.05) is 30.3 Å². The topological polar surface area (TPSA) is 96.2 Å². The molecule has 0 saturated carbocycles. The van der Waals surface area contributed by atoms with Crippen molar-refractivity contribution in [2.24, 2.45) is 0 Å². The van der Waals surface area contributed by atoms with Crippen molar-refractivity contribution < 1.29 is 10.0 Å². The van der Waals surface area contributed by atoms with E-state index < -0.39 is 10.5 Å². The molecule has 6 nitrogen and oxygen atoms in total. The second-order valence-corrected chi connectivity index (χ2v) is 4.53. The maximum absolute atomic E-state index is 12.2. The van der Waals surface area contributed by atoms with Crippen molar-refractivity contribution in [2.45, 2.75) is 0 Å². The van der Waals surface area contributed by atoms with E-state index in [9.17, 15) is 20.0 Å². The van der Waals surface area contributed by atoms with Gasteiger partial charge in [0.05, 0.1) is 16.0 Å². The summed E-state index contributed by atoms with van der Waals surface area (Å²) >= 11 is 0. The number of rotatable bonds is 2. The molecule has 0 bridgehead atoms. The summed E-state index contributed by atoms with van der Waals surface area (Å²) in [4.78, 5) is 24.9. The number of aromatic amines is 1. The molecule has 0 spiro atoms. The van der Waals surface area contributed by atoms with Gasteiger partial charge in [0.2, 0.25) is 0 Å². The van der Waals surface area contributed by atoms with Crippen LogP contribution in [0.2, 0.25) is 0 Å². The van der Waals surface area contributed by atoms with Gasteiger partial charge in [0, 0.05) is 17.5 Å². The molecule has 3 rings (SSSR count). The fourth-order valence-electron chi connectivity index (χ4n) is 2.26. The highest BCUT2D eigenvalue weighted by Gasteiger charge is 2.15. The van der Waals surface area contributed by atoms with E-state index in [-0.39, 0.29) is 22.5 Å². The van der Waals surface area contributed by atoms with Crippen LogP contribution in [0, 0.1) is 10.1 Å². The molecule has 0 aliphatic heterocycles. The first-order chi connectivity index (χ1) is 10.1. The lowest BCUT2D eigenvalue weighted by Gasteiger charge is -2.07. The number of pyridine rings is 1. The number of nitrogens with one attached hydrogen (secondary N) is 1. The average Bonchev–Trinajstić information content (AvgIpc) is 2.47. The van der Waals surface area contributed by atoms with Crippen LogP contribution < -0.4 is 5.56 Å². The fourth-order valence-corrected chi connectivity index (χ4v) is 2.26. The number of benzene rings is 2. The molecule has 104 valence electrons. The number of hydrogen-bond donors (Lipinski definition) is 2. The van der Waals surface area contributed by atoms with E-state index in [2.05, 4.69) is 4.98 Å². The molecule has 2 N–H and O–H groups in total. The molecule has 0 aliphatic rings. The van der Waals surface area contributed by atoms with Gasteiger partial charge in [0.1, 0.15) is 5.75 Å². The summed E-state index contributed by atoms with van der Waals surface area (Å²) in [6.45, 7) is 0. The zero-order chi connectivity index (χ0) is 15.0. The minimum absolute atomic E-state index is 0.148. The number of nitrogens with zero attached hydrogens (tertiary/aromatic N) is 1. The Kier molecular flexibility index (Phi) is 2.91. The average molecular weight is 282 g/mol. The summed E-state index contributed by atoms with van der Waals surface area (Å²) in [5, 5.41) is 21.4. The molecule has 0 atom stereocenters. The van der Waals surface area contributed by atoms with E-state index in [0.717, 1.165) is 0 Å². The van der Waals surface area contributed by atoms with Gasteiger partial charge in [-0.2, -0.15) is 0 Å². The molecular weight excluding hydrogens is 272 g/mol. The summed E-state index contributed by atoms with van der Waals surface area (Å²) in [6, 6.07) is 12.7. The highest BCUT2D eigenvalue weighted by Crippen LogP contribution is 2.33. The minimum atomic E-state index is -0.556. The van der Waals surface area contributed by atoms with Crippen LogP contribution >= 0.6 is 0 Å². The smallest absolute Gasteiger partial charge is 0.271 e. The molecular formula is C15H10N2O4. The second kappa shape index (κ2) is 4.75. The van der Waals surface area contributed by atoms with Crippen LogP contribution in [0.4, 0.5) is 5.69 Å². The van der Waals surface area contributed by atoms with E-state index in [1.807, 2.05) is 0 Å². The predicted octanol–water partition coefficient (Wildman–Crippen LogP) is 2.81. The largest absolute Gasteiger partial charge is 0.506 e. The van der Waals surface area contributed by atoms with Gasteiger partial charge in [-0.05, 0) is 11.6 Å². The molecule has 0 amide bonds. The standard InChI is InChI=1S/C15H10N2O4/c18-14-11-7-6-10(17(20)21)8-12(11)16-15(19)13(14)9-4-2-1-3-5-9/h1-8H,(H2,16,18,19). The summed E-state index contributed by atoms with van der Waals surface area (Å²) in [7, 11) is 0. The Labute approximate surface area is 118 Å². The number of H-pyrrole nitrogens is 1. The molecule has 0 aliphatic carbocycles. The lowest BCUT2D eigenvalue weighted by molar-refractivity contribution is -0.384. The van der Waals surface area contributed by atoms with E-state index in [0.29, 0.717) is 10.9 Å². The highest BCUT2D eigenvalue weighted by atomic mass is 16.6. The van der Waals surface area contributed by atoms with Gasteiger partial charge in [-0.25, -0.2) is 0 Å². The highest BCUT2D eigenvalue weighted by molar-refractivity contribution is 5.92. The number of nitro benzene ring substituents is 1. The Morgan fingerprint density at radius 2 is 1.81 bits per heavy atom. The van der Waals surface area contributed by atoms with Crippen molar-refractivity contribution in [1.29, 1.82) is 0 Å². The van der Waals surface area contributed by atoms with E-state index in [1.54, 1.807) is 30.3 Å². The second-order valence-electron chi connectivity index (χ2n) is 4.53. The van der Waals surface area contributed by atoms with Crippen molar-refractivity contribution in [3.8, 4) is 16.9 Å². The van der Waals surface area contributed by atoms with Crippen LogP contribution in [0.3, 0.4) is 0 Å². The number of non-ortho nitro benzene ring substituents is 1. The number of aromatic hydroxyl groups is 1. The number of aromatic nitrogens is 1. The predicted molar refractivity (Wildman–Crippen MR) is 78.3 cm³/mol. The van der Waals surface area contributed by atoms with Crippen LogP contribution in [0.1, 0.15) is 0 Å². The lowest BCUT2D eigenvalue weighted by atomic mass is 10.0. The molecule has 3 aromatic rings. The molecule has 1 aromatic heterocycles. The van der Waals surface area contributed by atoms with Crippen LogP contribution in [-0.4, -0.2) is 15.0 Å². The third-order valence-corrected chi connectivity index (χ3v) is 3.24. The zero-order valence-corrected chi connectivity index (χ0v) is 10.7.